The minimum absolute atomic E-state index is 0.0276. The fraction of sp³-hybridized carbons (Fsp3) is 0.381. The summed E-state index contributed by atoms with van der Waals surface area (Å²) >= 11 is 0. The van der Waals surface area contributed by atoms with Crippen LogP contribution in [0.2, 0.25) is 0 Å². The molecule has 2 atom stereocenters. The molecule has 2 unspecified atom stereocenters. The first kappa shape index (κ1) is 18.2. The number of fused-ring (bicyclic) bond motifs is 1. The first-order valence-electron chi connectivity index (χ1n) is 9.39. The number of rotatable bonds is 5. The molecule has 2 aromatic carbocycles. The van der Waals surface area contributed by atoms with Gasteiger partial charge in [-0.05, 0) is 36.6 Å². The summed E-state index contributed by atoms with van der Waals surface area (Å²) in [5.41, 5.74) is 4.17. The van der Waals surface area contributed by atoms with Gasteiger partial charge >= 0.3 is 0 Å². The molecule has 2 aliphatic heterocycles. The highest BCUT2D eigenvalue weighted by Crippen LogP contribution is 2.34. The molecule has 0 aliphatic carbocycles. The Balaban J connectivity index is 1.55. The first-order valence-corrected chi connectivity index (χ1v) is 10.8. The van der Waals surface area contributed by atoms with Crippen molar-refractivity contribution >= 4 is 15.7 Å². The van der Waals surface area contributed by atoms with Gasteiger partial charge in [-0.15, -0.1) is 0 Å². The summed E-state index contributed by atoms with van der Waals surface area (Å²) in [5.74, 6) is -0.0276. The van der Waals surface area contributed by atoms with E-state index in [1.165, 1.54) is 4.31 Å². The third-order valence-electron chi connectivity index (χ3n) is 5.39. The number of nitrogens with zero attached hydrogens (tertiary/aromatic N) is 2. The third kappa shape index (κ3) is 3.28. The number of oxime groups is 1. The normalized spacial score (nSPS) is 22.4. The highest BCUT2D eigenvalue weighted by molar-refractivity contribution is 7.89. The lowest BCUT2D eigenvalue weighted by molar-refractivity contribution is 0.0803. The van der Waals surface area contributed by atoms with Crippen molar-refractivity contribution in [2.45, 2.75) is 37.7 Å². The molecule has 0 N–H and O–H groups in total. The van der Waals surface area contributed by atoms with Gasteiger partial charge in [-0.3, -0.25) is 0 Å². The molecule has 0 amide bonds. The van der Waals surface area contributed by atoms with Crippen LogP contribution in [0.1, 0.15) is 30.0 Å². The SMILES string of the molecule is CCCc1ccc(S(=O)(=O)N2CC3ON=C(c4ccccc4C)C3C2)cc1. The average molecular weight is 385 g/mol. The van der Waals surface area contributed by atoms with Crippen LogP contribution in [0.15, 0.2) is 58.6 Å². The van der Waals surface area contributed by atoms with E-state index in [4.69, 9.17) is 4.84 Å². The molecule has 6 heteroatoms. The van der Waals surface area contributed by atoms with Crippen molar-refractivity contribution in [3.8, 4) is 0 Å². The minimum Gasteiger partial charge on any atom is -0.390 e. The van der Waals surface area contributed by atoms with E-state index in [2.05, 4.69) is 12.1 Å². The van der Waals surface area contributed by atoms with E-state index in [9.17, 15) is 8.42 Å². The van der Waals surface area contributed by atoms with E-state index in [1.54, 1.807) is 12.1 Å². The zero-order chi connectivity index (χ0) is 19.0. The Hall–Kier alpha value is -2.18. The maximum absolute atomic E-state index is 13.1. The Kier molecular flexibility index (Phi) is 4.78. The minimum atomic E-state index is -3.53. The van der Waals surface area contributed by atoms with Crippen molar-refractivity contribution in [1.82, 2.24) is 4.31 Å². The van der Waals surface area contributed by atoms with Crippen LogP contribution in [0.5, 0.6) is 0 Å². The predicted molar refractivity (Wildman–Crippen MR) is 105 cm³/mol. The third-order valence-corrected chi connectivity index (χ3v) is 7.24. The highest BCUT2D eigenvalue weighted by Gasteiger charge is 2.47. The van der Waals surface area contributed by atoms with Gasteiger partial charge in [0.2, 0.25) is 10.0 Å². The molecule has 4 rings (SSSR count). The summed E-state index contributed by atoms with van der Waals surface area (Å²) in [7, 11) is -3.53. The summed E-state index contributed by atoms with van der Waals surface area (Å²) in [6, 6.07) is 15.3. The van der Waals surface area contributed by atoms with Gasteiger partial charge in [-0.1, -0.05) is 54.9 Å². The van der Waals surface area contributed by atoms with Crippen molar-refractivity contribution in [3.05, 3.63) is 65.2 Å². The monoisotopic (exact) mass is 384 g/mol. The molecule has 0 spiro atoms. The predicted octanol–water partition coefficient (Wildman–Crippen LogP) is 3.37. The Morgan fingerprint density at radius 3 is 2.56 bits per heavy atom. The Labute approximate surface area is 160 Å². The molecule has 1 saturated heterocycles. The molecular formula is C21H24N2O3S. The van der Waals surface area contributed by atoms with Crippen LogP contribution in [0.25, 0.3) is 0 Å². The lowest BCUT2D eigenvalue weighted by Gasteiger charge is -2.17. The molecule has 2 heterocycles. The second kappa shape index (κ2) is 7.09. The molecule has 0 bridgehead atoms. The van der Waals surface area contributed by atoms with Crippen molar-refractivity contribution < 1.29 is 13.3 Å². The number of benzene rings is 2. The Bertz CT molecular complexity index is 967. The smallest absolute Gasteiger partial charge is 0.243 e. The summed E-state index contributed by atoms with van der Waals surface area (Å²) < 4.78 is 27.7. The molecule has 2 aliphatic rings. The fourth-order valence-electron chi connectivity index (χ4n) is 3.87. The molecule has 27 heavy (non-hydrogen) atoms. The lowest BCUT2D eigenvalue weighted by Crippen LogP contribution is -2.30. The molecule has 1 fully saturated rings. The average Bonchev–Trinajstić information content (AvgIpc) is 3.24. The Morgan fingerprint density at radius 2 is 1.85 bits per heavy atom. The van der Waals surface area contributed by atoms with Crippen LogP contribution in [0.4, 0.5) is 0 Å². The summed E-state index contributed by atoms with van der Waals surface area (Å²) in [6.07, 6.45) is 1.78. The molecule has 0 radical (unpaired) electrons. The van der Waals surface area contributed by atoms with Gasteiger partial charge in [-0.25, -0.2) is 8.42 Å². The topological polar surface area (TPSA) is 59.0 Å². The van der Waals surface area contributed by atoms with Gasteiger partial charge < -0.3 is 4.84 Å². The molecule has 142 valence electrons. The van der Waals surface area contributed by atoms with Crippen molar-refractivity contribution in [2.75, 3.05) is 13.1 Å². The van der Waals surface area contributed by atoms with Crippen molar-refractivity contribution in [2.24, 2.45) is 11.1 Å². The van der Waals surface area contributed by atoms with Gasteiger partial charge in [0, 0.05) is 12.1 Å². The van der Waals surface area contributed by atoms with Crippen LogP contribution in [0.3, 0.4) is 0 Å². The van der Waals surface area contributed by atoms with Crippen molar-refractivity contribution in [1.29, 1.82) is 0 Å². The quantitative estimate of drug-likeness (QED) is 0.794. The molecule has 5 nitrogen and oxygen atoms in total. The molecule has 0 aromatic heterocycles. The largest absolute Gasteiger partial charge is 0.390 e. The summed E-state index contributed by atoms with van der Waals surface area (Å²) in [6.45, 7) is 4.88. The van der Waals surface area contributed by atoms with Crippen LogP contribution < -0.4 is 0 Å². The van der Waals surface area contributed by atoms with E-state index in [0.717, 1.165) is 35.2 Å². The number of hydrogen-bond acceptors (Lipinski definition) is 4. The number of sulfonamides is 1. The van der Waals surface area contributed by atoms with Gasteiger partial charge in [0.15, 0.2) is 6.10 Å². The van der Waals surface area contributed by atoms with E-state index in [-0.39, 0.29) is 12.0 Å². The van der Waals surface area contributed by atoms with Crippen LogP contribution in [-0.2, 0) is 21.3 Å². The summed E-state index contributed by atoms with van der Waals surface area (Å²) in [5, 5.41) is 4.27. The second-order valence-electron chi connectivity index (χ2n) is 7.26. The fourth-order valence-corrected chi connectivity index (χ4v) is 5.35. The zero-order valence-corrected chi connectivity index (χ0v) is 16.4. The van der Waals surface area contributed by atoms with E-state index >= 15 is 0 Å². The zero-order valence-electron chi connectivity index (χ0n) is 15.6. The molecular weight excluding hydrogens is 360 g/mol. The maximum atomic E-state index is 13.1. The maximum Gasteiger partial charge on any atom is 0.243 e. The van der Waals surface area contributed by atoms with Crippen LogP contribution in [0, 0.1) is 12.8 Å². The van der Waals surface area contributed by atoms with E-state index < -0.39 is 10.0 Å². The van der Waals surface area contributed by atoms with E-state index in [1.807, 2.05) is 43.3 Å². The van der Waals surface area contributed by atoms with Gasteiger partial charge in [0.1, 0.15) is 0 Å². The Morgan fingerprint density at radius 1 is 1.11 bits per heavy atom. The summed E-state index contributed by atoms with van der Waals surface area (Å²) in [4.78, 5) is 5.94. The van der Waals surface area contributed by atoms with Crippen LogP contribution >= 0.6 is 0 Å². The van der Waals surface area contributed by atoms with Crippen molar-refractivity contribution in [3.63, 3.8) is 0 Å². The molecule has 2 aromatic rings. The molecule has 0 saturated carbocycles. The van der Waals surface area contributed by atoms with Gasteiger partial charge in [0.25, 0.3) is 0 Å². The second-order valence-corrected chi connectivity index (χ2v) is 9.20. The standard InChI is InChI=1S/C21H24N2O3S/c1-3-6-16-9-11-17(12-10-16)27(24,25)23-13-19-20(14-23)26-22-21(19)18-8-5-4-7-15(18)2/h4-5,7-12,19-20H,3,6,13-14H2,1-2H3. The highest BCUT2D eigenvalue weighted by atomic mass is 32.2. The van der Waals surface area contributed by atoms with Gasteiger partial charge in [0.05, 0.1) is 23.1 Å². The lowest BCUT2D eigenvalue weighted by atomic mass is 9.92. The van der Waals surface area contributed by atoms with Gasteiger partial charge in [-0.2, -0.15) is 4.31 Å². The first-order chi connectivity index (χ1) is 13.0. The number of aryl methyl sites for hydroxylation is 2. The number of hydrogen-bond donors (Lipinski definition) is 0. The van der Waals surface area contributed by atoms with Crippen LogP contribution in [-0.4, -0.2) is 37.6 Å². The van der Waals surface area contributed by atoms with E-state index in [0.29, 0.717) is 18.0 Å².